The number of aliphatic hydroxyl groups excluding tert-OH is 2. The monoisotopic (exact) mass is 509 g/mol. The molecule has 0 radical (unpaired) electrons. The third-order valence-electron chi connectivity index (χ3n) is 5.83. The standard InChI is InChI=1S/C29H32FNO6/c1-18(2)25-16-26(36-3)29(37-17-19-10-12-31-13-11-19)28(20-4-6-21(30)7-5-20)24(25)9-8-22(32)14-23(33)15-27(34)35/h4-13,16,18,22-23,32-33H,14-15,17H2,1-3H3,(H,34,35). The summed E-state index contributed by atoms with van der Waals surface area (Å²) in [6.45, 7) is 4.28. The molecule has 0 saturated heterocycles. The highest BCUT2D eigenvalue weighted by Gasteiger charge is 2.23. The van der Waals surface area contributed by atoms with E-state index in [1.165, 1.54) is 18.2 Å². The maximum Gasteiger partial charge on any atom is 0.305 e. The number of ether oxygens (including phenoxy) is 2. The zero-order valence-corrected chi connectivity index (χ0v) is 21.1. The van der Waals surface area contributed by atoms with Crippen molar-refractivity contribution in [2.45, 2.75) is 51.4 Å². The molecular formula is C29H32FNO6. The van der Waals surface area contributed by atoms with Gasteiger partial charge in [-0.15, -0.1) is 0 Å². The summed E-state index contributed by atoms with van der Waals surface area (Å²) in [6.07, 6.45) is 3.72. The van der Waals surface area contributed by atoms with Crippen LogP contribution in [-0.2, 0) is 11.4 Å². The van der Waals surface area contributed by atoms with Gasteiger partial charge in [-0.05, 0) is 58.5 Å². The van der Waals surface area contributed by atoms with E-state index in [-0.39, 0.29) is 24.8 Å². The molecule has 0 aliphatic carbocycles. The highest BCUT2D eigenvalue weighted by Crippen LogP contribution is 2.45. The number of aromatic nitrogens is 1. The van der Waals surface area contributed by atoms with Crippen LogP contribution in [0.5, 0.6) is 11.5 Å². The van der Waals surface area contributed by atoms with E-state index in [9.17, 15) is 19.4 Å². The van der Waals surface area contributed by atoms with E-state index in [0.717, 1.165) is 16.7 Å². The van der Waals surface area contributed by atoms with Gasteiger partial charge in [0.1, 0.15) is 12.4 Å². The fourth-order valence-electron chi connectivity index (χ4n) is 4.01. The van der Waals surface area contributed by atoms with Gasteiger partial charge in [-0.1, -0.05) is 38.1 Å². The molecule has 7 nitrogen and oxygen atoms in total. The summed E-state index contributed by atoms with van der Waals surface area (Å²) in [6, 6.07) is 11.6. The minimum atomic E-state index is -1.19. The first-order valence-corrected chi connectivity index (χ1v) is 12.0. The van der Waals surface area contributed by atoms with Crippen molar-refractivity contribution in [3.63, 3.8) is 0 Å². The van der Waals surface area contributed by atoms with Crippen molar-refractivity contribution in [1.29, 1.82) is 0 Å². The number of rotatable bonds is 12. The van der Waals surface area contributed by atoms with Crippen molar-refractivity contribution in [3.05, 3.63) is 83.4 Å². The third-order valence-corrected chi connectivity index (χ3v) is 5.83. The normalized spacial score (nSPS) is 13.1. The van der Waals surface area contributed by atoms with Crippen LogP contribution < -0.4 is 9.47 Å². The Morgan fingerprint density at radius 1 is 1.11 bits per heavy atom. The molecule has 2 aromatic carbocycles. The Morgan fingerprint density at radius 3 is 2.38 bits per heavy atom. The lowest BCUT2D eigenvalue weighted by Crippen LogP contribution is -2.19. The van der Waals surface area contributed by atoms with Crippen LogP contribution in [0.4, 0.5) is 4.39 Å². The molecule has 196 valence electrons. The second-order valence-electron chi connectivity index (χ2n) is 9.01. The van der Waals surface area contributed by atoms with Gasteiger partial charge in [0.15, 0.2) is 11.5 Å². The molecular weight excluding hydrogens is 477 g/mol. The predicted octanol–water partition coefficient (Wildman–Crippen LogP) is 5.20. The van der Waals surface area contributed by atoms with E-state index in [4.69, 9.17) is 14.6 Å². The number of pyridine rings is 1. The average Bonchev–Trinajstić information content (AvgIpc) is 2.86. The zero-order chi connectivity index (χ0) is 26.9. The second-order valence-corrected chi connectivity index (χ2v) is 9.01. The molecule has 37 heavy (non-hydrogen) atoms. The Morgan fingerprint density at radius 2 is 1.78 bits per heavy atom. The van der Waals surface area contributed by atoms with Crippen molar-refractivity contribution in [3.8, 4) is 22.6 Å². The highest BCUT2D eigenvalue weighted by atomic mass is 19.1. The van der Waals surface area contributed by atoms with Gasteiger partial charge in [-0.3, -0.25) is 9.78 Å². The van der Waals surface area contributed by atoms with Crippen molar-refractivity contribution >= 4 is 12.0 Å². The quantitative estimate of drug-likeness (QED) is 0.308. The molecule has 3 aromatic rings. The summed E-state index contributed by atoms with van der Waals surface area (Å²) in [5.74, 6) is -0.510. The summed E-state index contributed by atoms with van der Waals surface area (Å²) < 4.78 is 25.8. The predicted molar refractivity (Wildman–Crippen MR) is 139 cm³/mol. The number of carboxylic acid groups (broad SMARTS) is 1. The number of hydrogen-bond donors (Lipinski definition) is 3. The largest absolute Gasteiger partial charge is 0.493 e. The number of nitrogens with zero attached hydrogens (tertiary/aromatic N) is 1. The number of hydrogen-bond acceptors (Lipinski definition) is 6. The van der Waals surface area contributed by atoms with Crippen molar-refractivity contribution < 1.29 is 34.0 Å². The number of benzene rings is 2. The van der Waals surface area contributed by atoms with Crippen LogP contribution in [0.25, 0.3) is 17.2 Å². The van der Waals surface area contributed by atoms with E-state index in [2.05, 4.69) is 4.98 Å². The maximum atomic E-state index is 13.8. The first-order chi connectivity index (χ1) is 17.7. The van der Waals surface area contributed by atoms with Crippen molar-refractivity contribution in [1.82, 2.24) is 4.98 Å². The average molecular weight is 510 g/mol. The Labute approximate surface area is 215 Å². The molecule has 2 unspecified atom stereocenters. The molecule has 3 rings (SSSR count). The lowest BCUT2D eigenvalue weighted by atomic mass is 9.88. The smallest absolute Gasteiger partial charge is 0.305 e. The molecule has 0 spiro atoms. The summed E-state index contributed by atoms with van der Waals surface area (Å²) >= 11 is 0. The topological polar surface area (TPSA) is 109 Å². The maximum absolute atomic E-state index is 13.8. The van der Waals surface area contributed by atoms with Gasteiger partial charge in [0, 0.05) is 24.4 Å². The molecule has 0 amide bonds. The first kappa shape index (κ1) is 27.8. The van der Waals surface area contributed by atoms with Crippen LogP contribution in [0.2, 0.25) is 0 Å². The molecule has 1 aromatic heterocycles. The van der Waals surface area contributed by atoms with Gasteiger partial charge < -0.3 is 24.8 Å². The van der Waals surface area contributed by atoms with Gasteiger partial charge in [-0.2, -0.15) is 0 Å². The van der Waals surface area contributed by atoms with E-state index in [1.807, 2.05) is 32.0 Å². The second kappa shape index (κ2) is 13.0. The van der Waals surface area contributed by atoms with Crippen molar-refractivity contribution in [2.75, 3.05) is 7.11 Å². The molecule has 8 heteroatoms. The van der Waals surface area contributed by atoms with Crippen LogP contribution in [0.3, 0.4) is 0 Å². The SMILES string of the molecule is COc1cc(C(C)C)c(C=CC(O)CC(O)CC(=O)O)c(-c2ccc(F)cc2)c1OCc1ccncc1. The van der Waals surface area contributed by atoms with Crippen LogP contribution in [-0.4, -0.2) is 45.6 Å². The first-order valence-electron chi connectivity index (χ1n) is 12.0. The van der Waals surface area contributed by atoms with Gasteiger partial charge in [0.05, 0.1) is 25.7 Å². The summed E-state index contributed by atoms with van der Waals surface area (Å²) in [5.41, 5.74) is 3.88. The number of aliphatic hydroxyl groups is 2. The molecule has 3 N–H and O–H groups in total. The number of methoxy groups -OCH3 is 1. The fourth-order valence-corrected chi connectivity index (χ4v) is 4.01. The zero-order valence-electron chi connectivity index (χ0n) is 21.1. The minimum Gasteiger partial charge on any atom is -0.493 e. The lowest BCUT2D eigenvalue weighted by molar-refractivity contribution is -0.139. The molecule has 2 atom stereocenters. The van der Waals surface area contributed by atoms with E-state index in [0.29, 0.717) is 22.6 Å². The molecule has 0 saturated carbocycles. The molecule has 0 aliphatic heterocycles. The Bertz CT molecular complexity index is 1210. The Balaban J connectivity index is 2.13. The number of aliphatic carboxylic acids is 1. The van der Waals surface area contributed by atoms with Gasteiger partial charge >= 0.3 is 5.97 Å². The van der Waals surface area contributed by atoms with E-state index < -0.39 is 24.6 Å². The Hall–Kier alpha value is -3.75. The highest BCUT2D eigenvalue weighted by molar-refractivity contribution is 5.85. The lowest BCUT2D eigenvalue weighted by Gasteiger charge is -2.23. The molecule has 0 bridgehead atoms. The molecule has 0 fully saturated rings. The number of carboxylic acids is 1. The van der Waals surface area contributed by atoms with Crippen LogP contribution in [0, 0.1) is 5.82 Å². The summed E-state index contributed by atoms with van der Waals surface area (Å²) in [5, 5.41) is 29.3. The summed E-state index contributed by atoms with van der Waals surface area (Å²) in [7, 11) is 1.55. The molecule has 1 heterocycles. The number of halogens is 1. The fraction of sp³-hybridized carbons (Fsp3) is 0.310. The van der Waals surface area contributed by atoms with E-state index in [1.54, 1.807) is 37.7 Å². The van der Waals surface area contributed by atoms with Gasteiger partial charge in [0.25, 0.3) is 0 Å². The van der Waals surface area contributed by atoms with Crippen LogP contribution in [0.15, 0.2) is 60.9 Å². The summed E-state index contributed by atoms with van der Waals surface area (Å²) in [4.78, 5) is 14.9. The van der Waals surface area contributed by atoms with E-state index >= 15 is 0 Å². The van der Waals surface area contributed by atoms with Crippen LogP contribution in [0.1, 0.15) is 49.3 Å². The third kappa shape index (κ3) is 7.62. The van der Waals surface area contributed by atoms with Gasteiger partial charge in [0.2, 0.25) is 0 Å². The van der Waals surface area contributed by atoms with Crippen molar-refractivity contribution in [2.24, 2.45) is 0 Å². The van der Waals surface area contributed by atoms with Gasteiger partial charge in [-0.25, -0.2) is 4.39 Å². The Kier molecular flexibility index (Phi) is 9.77. The van der Waals surface area contributed by atoms with Crippen LogP contribution >= 0.6 is 0 Å². The molecule has 0 aliphatic rings. The number of carbonyl (C=O) groups is 1. The minimum absolute atomic E-state index is 0.0525.